The topological polar surface area (TPSA) is 78.6 Å². The van der Waals surface area contributed by atoms with Gasteiger partial charge in [-0.2, -0.15) is 5.10 Å². The minimum atomic E-state index is -0.928. The molecule has 0 radical (unpaired) electrons. The third-order valence-electron chi connectivity index (χ3n) is 3.41. The van der Waals surface area contributed by atoms with Gasteiger partial charge in [0.15, 0.2) is 0 Å². The number of nitrogens with zero attached hydrogens (tertiary/aromatic N) is 3. The van der Waals surface area contributed by atoms with Crippen LogP contribution in [0.4, 0.5) is 0 Å². The number of aliphatic hydroxyl groups is 2. The molecule has 6 nitrogen and oxygen atoms in total. The first-order valence-corrected chi connectivity index (χ1v) is 7.10. The molecule has 1 amide bonds. The van der Waals surface area contributed by atoms with E-state index in [-0.39, 0.29) is 19.1 Å². The Bertz CT molecular complexity index is 649. The van der Waals surface area contributed by atoms with Crippen molar-refractivity contribution in [2.24, 2.45) is 0 Å². The zero-order chi connectivity index (χ0) is 16.3. The van der Waals surface area contributed by atoms with Crippen LogP contribution in [0.25, 0.3) is 5.69 Å². The smallest absolute Gasteiger partial charge is 0.253 e. The fourth-order valence-electron chi connectivity index (χ4n) is 2.31. The maximum absolute atomic E-state index is 12.2. The van der Waals surface area contributed by atoms with Crippen LogP contribution >= 0.6 is 0 Å². The summed E-state index contributed by atoms with van der Waals surface area (Å²) in [5.41, 5.74) is 3.38. The molecule has 0 saturated carbocycles. The van der Waals surface area contributed by atoms with Gasteiger partial charge in [0.2, 0.25) is 0 Å². The Morgan fingerprint density at radius 2 is 1.95 bits per heavy atom. The number of hydrogen-bond acceptors (Lipinski definition) is 4. The zero-order valence-corrected chi connectivity index (χ0v) is 13.0. The molecule has 0 fully saturated rings. The quantitative estimate of drug-likeness (QED) is 0.861. The molecule has 0 spiro atoms. The first kappa shape index (κ1) is 16.2. The predicted octanol–water partition coefficient (Wildman–Crippen LogP) is 0.914. The van der Waals surface area contributed by atoms with Crippen molar-refractivity contribution in [3.63, 3.8) is 0 Å². The number of aryl methyl sites for hydroxylation is 2. The second-order valence-electron chi connectivity index (χ2n) is 5.41. The molecule has 0 aliphatic rings. The number of carbonyl (C=O) groups is 1. The monoisotopic (exact) mass is 303 g/mol. The second-order valence-corrected chi connectivity index (χ2v) is 5.41. The van der Waals surface area contributed by atoms with Crippen molar-refractivity contribution in [1.82, 2.24) is 14.7 Å². The fourth-order valence-corrected chi connectivity index (χ4v) is 2.31. The van der Waals surface area contributed by atoms with E-state index in [1.54, 1.807) is 19.2 Å². The van der Waals surface area contributed by atoms with Gasteiger partial charge in [-0.25, -0.2) is 4.68 Å². The summed E-state index contributed by atoms with van der Waals surface area (Å²) in [5, 5.41) is 22.6. The van der Waals surface area contributed by atoms with Gasteiger partial charge >= 0.3 is 0 Å². The van der Waals surface area contributed by atoms with Crippen molar-refractivity contribution in [3.05, 3.63) is 47.3 Å². The summed E-state index contributed by atoms with van der Waals surface area (Å²) >= 11 is 0. The van der Waals surface area contributed by atoms with E-state index in [0.717, 1.165) is 17.1 Å². The largest absolute Gasteiger partial charge is 0.394 e. The van der Waals surface area contributed by atoms with Gasteiger partial charge in [-0.15, -0.1) is 0 Å². The summed E-state index contributed by atoms with van der Waals surface area (Å²) in [7, 11) is 1.59. The average molecular weight is 303 g/mol. The molecule has 22 heavy (non-hydrogen) atoms. The molecule has 118 valence electrons. The van der Waals surface area contributed by atoms with Crippen molar-refractivity contribution in [2.45, 2.75) is 20.0 Å². The highest BCUT2D eigenvalue weighted by Gasteiger charge is 2.15. The SMILES string of the molecule is Cc1cc(C)n(-c2ccc(C(=O)N(C)CC(O)CO)cc2)n1. The molecule has 0 aliphatic carbocycles. The lowest BCUT2D eigenvalue weighted by Crippen LogP contribution is -2.35. The van der Waals surface area contributed by atoms with Gasteiger partial charge in [-0.3, -0.25) is 4.79 Å². The van der Waals surface area contributed by atoms with Crippen LogP contribution in [-0.4, -0.2) is 57.1 Å². The molecule has 2 aromatic rings. The molecule has 1 unspecified atom stereocenters. The van der Waals surface area contributed by atoms with Gasteiger partial charge in [0, 0.05) is 24.8 Å². The Morgan fingerprint density at radius 1 is 1.32 bits per heavy atom. The first-order chi connectivity index (χ1) is 10.4. The summed E-state index contributed by atoms with van der Waals surface area (Å²) < 4.78 is 1.82. The molecule has 1 aromatic carbocycles. The normalized spacial score (nSPS) is 12.2. The van der Waals surface area contributed by atoms with Gasteiger partial charge in [0.1, 0.15) is 0 Å². The summed E-state index contributed by atoms with van der Waals surface area (Å²) in [6.07, 6.45) is -0.928. The van der Waals surface area contributed by atoms with E-state index in [2.05, 4.69) is 5.10 Å². The third kappa shape index (κ3) is 3.52. The lowest BCUT2D eigenvalue weighted by Gasteiger charge is -2.19. The molecule has 0 bridgehead atoms. The Morgan fingerprint density at radius 3 is 2.45 bits per heavy atom. The number of hydrogen-bond donors (Lipinski definition) is 2. The summed E-state index contributed by atoms with van der Waals surface area (Å²) in [6, 6.07) is 9.13. The first-order valence-electron chi connectivity index (χ1n) is 7.10. The third-order valence-corrected chi connectivity index (χ3v) is 3.41. The standard InChI is InChI=1S/C16H21N3O3/c1-11-8-12(2)19(17-11)14-6-4-13(5-7-14)16(22)18(3)9-15(21)10-20/h4-8,15,20-21H,9-10H2,1-3H3. The Kier molecular flexibility index (Phi) is 4.95. The van der Waals surface area contributed by atoms with Crippen molar-refractivity contribution in [1.29, 1.82) is 0 Å². The molecule has 2 N–H and O–H groups in total. The van der Waals surface area contributed by atoms with Crippen molar-refractivity contribution in [3.8, 4) is 5.69 Å². The summed E-state index contributed by atoms with van der Waals surface area (Å²) in [5.74, 6) is -0.201. The van der Waals surface area contributed by atoms with Crippen LogP contribution in [0.3, 0.4) is 0 Å². The van der Waals surface area contributed by atoms with Gasteiger partial charge < -0.3 is 15.1 Å². The molecule has 6 heteroatoms. The van der Waals surface area contributed by atoms with Crippen LogP contribution in [0.1, 0.15) is 21.7 Å². The maximum Gasteiger partial charge on any atom is 0.253 e. The van der Waals surface area contributed by atoms with Crippen LogP contribution < -0.4 is 0 Å². The van der Waals surface area contributed by atoms with Crippen LogP contribution in [0.2, 0.25) is 0 Å². The highest BCUT2D eigenvalue weighted by atomic mass is 16.3. The van der Waals surface area contributed by atoms with Crippen molar-refractivity contribution < 1.29 is 15.0 Å². The lowest BCUT2D eigenvalue weighted by molar-refractivity contribution is 0.0520. The van der Waals surface area contributed by atoms with Crippen LogP contribution in [-0.2, 0) is 0 Å². The van der Waals surface area contributed by atoms with E-state index in [1.807, 2.05) is 36.7 Å². The minimum absolute atomic E-state index is 0.0918. The number of rotatable bonds is 5. The van der Waals surface area contributed by atoms with Crippen LogP contribution in [0.5, 0.6) is 0 Å². The molecule has 1 heterocycles. The number of aliphatic hydroxyl groups excluding tert-OH is 2. The number of likely N-dealkylation sites (N-methyl/N-ethyl adjacent to an activating group) is 1. The number of amides is 1. The summed E-state index contributed by atoms with van der Waals surface area (Å²) in [6.45, 7) is 3.63. The van der Waals surface area contributed by atoms with Gasteiger partial charge in [-0.05, 0) is 44.2 Å². The van der Waals surface area contributed by atoms with E-state index >= 15 is 0 Å². The van der Waals surface area contributed by atoms with Crippen molar-refractivity contribution in [2.75, 3.05) is 20.2 Å². The van der Waals surface area contributed by atoms with E-state index < -0.39 is 6.10 Å². The van der Waals surface area contributed by atoms with E-state index in [0.29, 0.717) is 5.56 Å². The Balaban J connectivity index is 2.15. The van der Waals surface area contributed by atoms with E-state index in [4.69, 9.17) is 5.11 Å². The highest BCUT2D eigenvalue weighted by molar-refractivity contribution is 5.94. The number of carbonyl (C=O) groups excluding carboxylic acids is 1. The van der Waals surface area contributed by atoms with Gasteiger partial charge in [0.25, 0.3) is 5.91 Å². The Labute approximate surface area is 129 Å². The lowest BCUT2D eigenvalue weighted by atomic mass is 10.1. The highest BCUT2D eigenvalue weighted by Crippen LogP contribution is 2.14. The Hall–Kier alpha value is -2.18. The maximum atomic E-state index is 12.2. The zero-order valence-electron chi connectivity index (χ0n) is 13.0. The van der Waals surface area contributed by atoms with Crippen LogP contribution in [0.15, 0.2) is 30.3 Å². The minimum Gasteiger partial charge on any atom is -0.394 e. The number of benzene rings is 1. The molecule has 1 aromatic heterocycles. The summed E-state index contributed by atoms with van der Waals surface area (Å²) in [4.78, 5) is 13.6. The van der Waals surface area contributed by atoms with Gasteiger partial charge in [-0.1, -0.05) is 0 Å². The number of aromatic nitrogens is 2. The molecule has 1 atom stereocenters. The molecular formula is C16H21N3O3. The molecule has 0 aliphatic heterocycles. The van der Waals surface area contributed by atoms with Crippen LogP contribution in [0, 0.1) is 13.8 Å². The predicted molar refractivity (Wildman–Crippen MR) is 83.1 cm³/mol. The fraction of sp³-hybridized carbons (Fsp3) is 0.375. The van der Waals surface area contributed by atoms with Crippen molar-refractivity contribution >= 4 is 5.91 Å². The van der Waals surface area contributed by atoms with E-state index in [1.165, 1.54) is 4.90 Å². The molecular weight excluding hydrogens is 282 g/mol. The van der Waals surface area contributed by atoms with E-state index in [9.17, 15) is 9.90 Å². The average Bonchev–Trinajstić information content (AvgIpc) is 2.85. The van der Waals surface area contributed by atoms with Gasteiger partial charge in [0.05, 0.1) is 24.1 Å². The second kappa shape index (κ2) is 6.72. The molecule has 2 rings (SSSR count). The molecule has 0 saturated heterocycles.